The minimum absolute atomic E-state index is 0.0238. The normalized spacial score (nSPS) is 18.9. The lowest BCUT2D eigenvalue weighted by Gasteiger charge is -2.41. The van der Waals surface area contributed by atoms with Crippen LogP contribution >= 0.6 is 0 Å². The maximum Gasteiger partial charge on any atom is 0.421 e. The molecule has 1 heterocycles. The van der Waals surface area contributed by atoms with Crippen molar-refractivity contribution in [3.63, 3.8) is 0 Å². The number of anilines is 1. The Labute approximate surface area is 147 Å². The lowest BCUT2D eigenvalue weighted by Crippen LogP contribution is -2.55. The molecule has 2 atom stereocenters. The second-order valence-electron chi connectivity index (χ2n) is 7.02. The van der Waals surface area contributed by atoms with E-state index in [1.54, 1.807) is 12.1 Å². The monoisotopic (exact) mass is 350 g/mol. The quantitative estimate of drug-likeness (QED) is 0.365. The van der Waals surface area contributed by atoms with Gasteiger partial charge in [-0.25, -0.2) is 15.6 Å². The van der Waals surface area contributed by atoms with Crippen LogP contribution in [0.1, 0.15) is 32.3 Å². The average molecular weight is 350 g/mol. The number of carbonyl (C=O) groups is 1. The predicted molar refractivity (Wildman–Crippen MR) is 95.4 cm³/mol. The Kier molecular flexibility index (Phi) is 5.84. The highest BCUT2D eigenvalue weighted by atomic mass is 16.6. The third-order valence-electron chi connectivity index (χ3n) is 4.83. The summed E-state index contributed by atoms with van der Waals surface area (Å²) in [4.78, 5) is 24.3. The van der Waals surface area contributed by atoms with Crippen LogP contribution in [0.3, 0.4) is 0 Å². The summed E-state index contributed by atoms with van der Waals surface area (Å²) >= 11 is 0. The molecule has 0 saturated carbocycles. The van der Waals surface area contributed by atoms with Crippen LogP contribution in [0.15, 0.2) is 18.2 Å². The Bertz CT molecular complexity index is 650. The maximum absolute atomic E-state index is 11.4. The molecule has 1 aromatic carbocycles. The van der Waals surface area contributed by atoms with E-state index in [1.165, 1.54) is 0 Å². The zero-order valence-electron chi connectivity index (χ0n) is 14.9. The number of carboxylic acid groups (broad SMARTS) is 1. The predicted octanol–water partition coefficient (Wildman–Crippen LogP) is 3.00. The van der Waals surface area contributed by atoms with Gasteiger partial charge in [0.1, 0.15) is 5.69 Å². The molecule has 0 radical (unpaired) electrons. The second kappa shape index (κ2) is 7.69. The zero-order valence-corrected chi connectivity index (χ0v) is 14.9. The van der Waals surface area contributed by atoms with Gasteiger partial charge in [-0.05, 0) is 43.2 Å². The molecule has 1 aliphatic rings. The van der Waals surface area contributed by atoms with Crippen LogP contribution in [0.5, 0.6) is 0 Å². The van der Waals surface area contributed by atoms with E-state index in [0.29, 0.717) is 18.8 Å². The van der Waals surface area contributed by atoms with E-state index in [9.17, 15) is 20.0 Å². The third kappa shape index (κ3) is 4.19. The fraction of sp³-hybridized carbons (Fsp3) is 0.588. The highest BCUT2D eigenvalue weighted by Gasteiger charge is 2.35. The van der Waals surface area contributed by atoms with Crippen LogP contribution < -0.4 is 10.7 Å². The van der Waals surface area contributed by atoms with Crippen LogP contribution in [0.4, 0.5) is 16.2 Å². The smallest absolute Gasteiger partial charge is 0.421 e. The molecule has 0 bridgehead atoms. The molecular weight excluding hydrogens is 324 g/mol. The van der Waals surface area contributed by atoms with Crippen molar-refractivity contribution in [2.45, 2.75) is 39.7 Å². The first-order valence-corrected chi connectivity index (χ1v) is 8.49. The Morgan fingerprint density at radius 2 is 2.16 bits per heavy atom. The van der Waals surface area contributed by atoms with E-state index in [0.717, 1.165) is 23.4 Å². The van der Waals surface area contributed by atoms with Crippen LogP contribution in [0.25, 0.3) is 0 Å². The zero-order chi connectivity index (χ0) is 18.7. The lowest BCUT2D eigenvalue weighted by molar-refractivity contribution is -0.384. The summed E-state index contributed by atoms with van der Waals surface area (Å²) in [5.41, 5.74) is 1.51. The molecule has 25 heavy (non-hydrogen) atoms. The first-order valence-electron chi connectivity index (χ1n) is 8.49. The van der Waals surface area contributed by atoms with Crippen molar-refractivity contribution >= 4 is 17.5 Å². The number of rotatable bonds is 5. The Balaban J connectivity index is 2.29. The fourth-order valence-corrected chi connectivity index (χ4v) is 3.77. The van der Waals surface area contributed by atoms with Crippen LogP contribution in [0, 0.1) is 28.9 Å². The molecule has 1 fully saturated rings. The molecule has 0 aliphatic carbocycles. The van der Waals surface area contributed by atoms with E-state index in [1.807, 2.05) is 31.7 Å². The maximum atomic E-state index is 11.4. The first-order chi connectivity index (χ1) is 11.7. The minimum atomic E-state index is -1.16. The van der Waals surface area contributed by atoms with E-state index in [-0.39, 0.29) is 28.5 Å². The summed E-state index contributed by atoms with van der Waals surface area (Å²) in [5.74, 6) is 5.86. The number of hydrazine groups is 1. The van der Waals surface area contributed by atoms with E-state index < -0.39 is 6.09 Å². The van der Waals surface area contributed by atoms with E-state index in [4.69, 9.17) is 5.84 Å². The van der Waals surface area contributed by atoms with Crippen LogP contribution in [-0.4, -0.2) is 40.3 Å². The number of hydrogen-bond acceptors (Lipinski definition) is 5. The third-order valence-corrected chi connectivity index (χ3v) is 4.83. The van der Waals surface area contributed by atoms with Crippen molar-refractivity contribution in [3.8, 4) is 0 Å². The van der Waals surface area contributed by atoms with Gasteiger partial charge in [0.05, 0.1) is 11.0 Å². The summed E-state index contributed by atoms with van der Waals surface area (Å²) in [5, 5.41) is 21.6. The summed E-state index contributed by atoms with van der Waals surface area (Å²) < 4.78 is 0. The number of amides is 1. The molecule has 0 spiro atoms. The fourth-order valence-electron chi connectivity index (χ4n) is 3.77. The molecule has 138 valence electrons. The van der Waals surface area contributed by atoms with Crippen LogP contribution in [-0.2, 0) is 0 Å². The number of benzene rings is 1. The molecule has 2 rings (SSSR count). The molecule has 1 aliphatic heterocycles. The van der Waals surface area contributed by atoms with Gasteiger partial charge in [0, 0.05) is 19.2 Å². The average Bonchev–Trinajstić information content (AvgIpc) is 2.54. The van der Waals surface area contributed by atoms with Crippen molar-refractivity contribution in [2.24, 2.45) is 17.7 Å². The van der Waals surface area contributed by atoms with Crippen molar-refractivity contribution in [3.05, 3.63) is 33.9 Å². The minimum Gasteiger partial charge on any atom is -0.464 e. The number of nitrogens with two attached hydrogens (primary N) is 1. The van der Waals surface area contributed by atoms with Gasteiger partial charge in [0.2, 0.25) is 0 Å². The summed E-state index contributed by atoms with van der Waals surface area (Å²) in [6, 6.07) is 4.88. The molecule has 1 amide bonds. The largest absolute Gasteiger partial charge is 0.464 e. The molecule has 1 aromatic rings. The summed E-state index contributed by atoms with van der Waals surface area (Å²) in [6.07, 6.45) is 0.531. The second-order valence-corrected chi connectivity index (χ2v) is 7.02. The Morgan fingerprint density at radius 3 is 2.72 bits per heavy atom. The Morgan fingerprint density at radius 1 is 1.48 bits per heavy atom. The highest BCUT2D eigenvalue weighted by Crippen LogP contribution is 2.34. The van der Waals surface area contributed by atoms with Gasteiger partial charge in [0.15, 0.2) is 0 Å². The van der Waals surface area contributed by atoms with Gasteiger partial charge >= 0.3 is 6.09 Å². The van der Waals surface area contributed by atoms with Crippen molar-refractivity contribution < 1.29 is 14.8 Å². The first kappa shape index (κ1) is 19.0. The molecule has 0 aromatic heterocycles. The van der Waals surface area contributed by atoms with E-state index in [2.05, 4.69) is 0 Å². The number of nitrogens with zero attached hydrogens (tertiary/aromatic N) is 3. The molecule has 2 unspecified atom stereocenters. The topological polar surface area (TPSA) is 113 Å². The summed E-state index contributed by atoms with van der Waals surface area (Å²) in [6.45, 7) is 6.97. The SMILES string of the molecule is Cc1ccc(N2CCCC(C(C(C)C)N(N)C(=O)O)C2)c([N+](=O)[O-])c1. The number of aryl methyl sites for hydroxylation is 1. The van der Waals surface area contributed by atoms with Gasteiger partial charge in [0.25, 0.3) is 5.69 Å². The lowest BCUT2D eigenvalue weighted by atomic mass is 9.84. The number of hydrogen-bond donors (Lipinski definition) is 2. The number of nitro benzene ring substituents is 1. The van der Waals surface area contributed by atoms with Gasteiger partial charge in [-0.15, -0.1) is 0 Å². The van der Waals surface area contributed by atoms with Crippen molar-refractivity contribution in [2.75, 3.05) is 18.0 Å². The Hall–Kier alpha value is -2.35. The van der Waals surface area contributed by atoms with Gasteiger partial charge < -0.3 is 10.0 Å². The van der Waals surface area contributed by atoms with Gasteiger partial charge in [-0.3, -0.25) is 10.1 Å². The highest BCUT2D eigenvalue weighted by molar-refractivity contribution is 5.65. The molecule has 3 N–H and O–H groups in total. The number of piperidine rings is 1. The molecular formula is C17H26N4O4. The standard InChI is InChI=1S/C17H26N4O4/c1-11(2)16(20(18)17(22)23)13-5-4-8-19(10-13)14-7-6-12(3)9-15(14)21(24)25/h6-7,9,11,13,16H,4-5,8,10,18H2,1-3H3,(H,22,23). The van der Waals surface area contributed by atoms with Crippen LogP contribution in [0.2, 0.25) is 0 Å². The van der Waals surface area contributed by atoms with Gasteiger partial charge in [-0.2, -0.15) is 0 Å². The molecule has 8 heteroatoms. The van der Waals surface area contributed by atoms with E-state index >= 15 is 0 Å². The van der Waals surface area contributed by atoms with Gasteiger partial charge in [-0.1, -0.05) is 19.9 Å². The number of nitro groups is 1. The van der Waals surface area contributed by atoms with Crippen molar-refractivity contribution in [1.29, 1.82) is 0 Å². The summed E-state index contributed by atoms with van der Waals surface area (Å²) in [7, 11) is 0. The molecule has 1 saturated heterocycles. The van der Waals surface area contributed by atoms with Crippen molar-refractivity contribution in [1.82, 2.24) is 5.01 Å². The molecule has 8 nitrogen and oxygen atoms in total.